The van der Waals surface area contributed by atoms with Gasteiger partial charge in [0.15, 0.2) is 24.4 Å². The van der Waals surface area contributed by atoms with E-state index in [1.54, 1.807) is 64.1 Å². The van der Waals surface area contributed by atoms with E-state index < -0.39 is 154 Å². The van der Waals surface area contributed by atoms with Crippen LogP contribution in [0.4, 0.5) is 22.7 Å². The summed E-state index contributed by atoms with van der Waals surface area (Å²) < 4.78 is 59.3. The smallest absolute Gasteiger partial charge is 0.335 e. The maximum atomic E-state index is 11.3. The summed E-state index contributed by atoms with van der Waals surface area (Å²) in [5, 5.41) is 169. The molecule has 4 aliphatic rings. The molecule has 4 heterocycles. The zero-order chi connectivity index (χ0) is 96.1. The minimum atomic E-state index is -3.32. The Labute approximate surface area is 800 Å². The molecular weight excluding hydrogens is 1850 g/mol. The molecule has 0 bridgehead atoms. The third kappa shape index (κ3) is 45.5. The fourth-order valence-electron chi connectivity index (χ4n) is 13.0. The number of carboxylic acid groups (broad SMARTS) is 4. The van der Waals surface area contributed by atoms with Gasteiger partial charge in [-0.25, -0.2) is 19.2 Å². The zero-order valence-electron chi connectivity index (χ0n) is 81.7. The molecule has 0 aliphatic carbocycles. The third-order valence-electron chi connectivity index (χ3n) is 19.1. The highest BCUT2D eigenvalue weighted by Gasteiger charge is 2.52. The van der Waals surface area contributed by atoms with Crippen LogP contribution < -0.4 is 40.2 Å². The topological polar surface area (TPSA) is 560 Å². The van der Waals surface area contributed by atoms with E-state index in [2.05, 4.69) is 104 Å². The number of ether oxygens (including phenoxy) is 8. The molecule has 4 aliphatic heterocycles. The van der Waals surface area contributed by atoms with Gasteiger partial charge in [-0.3, -0.25) is 4.57 Å². The lowest BCUT2D eigenvalue weighted by Gasteiger charge is -2.38. The molecule has 4 saturated heterocycles. The molecule has 768 valence electrons. The van der Waals surface area contributed by atoms with Gasteiger partial charge in [0.25, 0.3) is 0 Å². The molecule has 0 spiro atoms. The summed E-state index contributed by atoms with van der Waals surface area (Å²) in [7, 11) is -3.32. The van der Waals surface area contributed by atoms with Crippen molar-refractivity contribution in [3.05, 3.63) is 95.1 Å². The van der Waals surface area contributed by atoms with Gasteiger partial charge in [0.2, 0.25) is 25.2 Å². The second-order valence-electron chi connectivity index (χ2n) is 36.5. The van der Waals surface area contributed by atoms with Gasteiger partial charge in [-0.05, 0) is 195 Å². The van der Waals surface area contributed by atoms with Crippen LogP contribution in [-0.2, 0) is 72.9 Å². The van der Waals surface area contributed by atoms with Crippen molar-refractivity contribution >= 4 is 114 Å². The first-order valence-electron chi connectivity index (χ1n) is 43.3. The van der Waals surface area contributed by atoms with Gasteiger partial charge in [-0.1, -0.05) is 128 Å². The molecule has 8 rings (SSSR count). The Hall–Kier alpha value is -4.75. The first-order chi connectivity index (χ1) is 58.3. The number of hydrogen-bond acceptors (Lipinski definition) is 30. The maximum absolute atomic E-state index is 11.3. The summed E-state index contributed by atoms with van der Waals surface area (Å²) >= 11 is 0. The number of aliphatic carboxylic acids is 4. The molecule has 27 atom stereocenters. The molecule has 0 amide bonds. The van der Waals surface area contributed by atoms with Crippen LogP contribution in [-0.4, -0.2) is 269 Å². The molecular formula is C90H167N4O31P7. The number of aliphatic hydroxyl groups excluding tert-OH is 12. The van der Waals surface area contributed by atoms with Gasteiger partial charge >= 0.3 is 31.5 Å². The summed E-state index contributed by atoms with van der Waals surface area (Å²) in [5.41, 5.74) is 6.93. The Balaban J connectivity index is -0.000000766. The SMILES string of the molecule is CC(C)CCC(C)C.CC(C)Cc1cc(NC(C)C)cc(O[C@@H]2O[C@H](C(=O)O)[C@@H](O)[C@H](O)[C@H]2O)c1.CC(C)Cc1ccc(NC(C)C)c(O[C@@H]2O[C@H](C(=O)O)[C@@H](O)[C@H](O)[C@H]2O)c1.CC(C)Cc1ccc(O[C@@H]2O[C@H](C(=O)O)[C@@H](O)[C@H](O)[C@H]2O)c(NC(C)C)c1.CC(C)Cc1ccc(O[C@@H]2O[C@H](C(=O)O)[C@@H](O)[C@H](O)[C@H]2O)cc1NC(C)C.CC(C)OP(=O)(O)C(C)C.P.P.P.P.P.P. The van der Waals surface area contributed by atoms with Crippen molar-refractivity contribution in [3.8, 4) is 23.0 Å². The number of carbonyl (C=O) groups is 4. The van der Waals surface area contributed by atoms with Crippen molar-refractivity contribution in [2.24, 2.45) is 35.5 Å². The van der Waals surface area contributed by atoms with Crippen LogP contribution in [0.1, 0.15) is 201 Å². The highest BCUT2D eigenvalue weighted by molar-refractivity contribution is 7.53. The quantitative estimate of drug-likeness (QED) is 0.0194. The average Bonchev–Trinajstić information content (AvgIpc) is 0.811. The number of benzene rings is 4. The molecule has 0 saturated carbocycles. The van der Waals surface area contributed by atoms with Crippen molar-refractivity contribution in [2.75, 3.05) is 21.3 Å². The predicted molar refractivity (Wildman–Crippen MR) is 541 cm³/mol. The zero-order valence-corrected chi connectivity index (χ0v) is 91.0. The van der Waals surface area contributed by atoms with E-state index in [9.17, 15) is 85.0 Å². The van der Waals surface area contributed by atoms with Crippen LogP contribution in [0, 0.1) is 35.5 Å². The molecule has 21 N–H and O–H groups in total. The second-order valence-corrected chi connectivity index (χ2v) is 38.9. The molecule has 0 radical (unpaired) electrons. The maximum Gasteiger partial charge on any atom is 0.335 e. The first-order valence-corrected chi connectivity index (χ1v) is 45.0. The van der Waals surface area contributed by atoms with E-state index in [1.807, 2.05) is 91.8 Å². The van der Waals surface area contributed by atoms with Crippen molar-refractivity contribution in [2.45, 2.75) is 363 Å². The predicted octanol–water partition coefficient (Wildman–Crippen LogP) is 9.34. The fourth-order valence-corrected chi connectivity index (χ4v) is 13.9. The summed E-state index contributed by atoms with van der Waals surface area (Å²) in [6.45, 7) is 48.6. The van der Waals surface area contributed by atoms with E-state index in [1.165, 1.54) is 12.8 Å². The lowest BCUT2D eigenvalue weighted by atomic mass is 9.99. The second kappa shape index (κ2) is 63.8. The Morgan fingerprint density at radius 2 is 0.652 bits per heavy atom. The minimum Gasteiger partial charge on any atom is -0.479 e. The van der Waals surface area contributed by atoms with Gasteiger partial charge in [-0.2, -0.15) is 59.4 Å². The Bertz CT molecular complexity index is 3960. The number of aliphatic hydroxyl groups is 12. The molecule has 4 aromatic rings. The number of hydrogen-bond donors (Lipinski definition) is 21. The summed E-state index contributed by atoms with van der Waals surface area (Å²) in [5.74, 6) is -0.804. The average molecular weight is 2020 g/mol. The molecule has 7 unspecified atom stereocenters. The van der Waals surface area contributed by atoms with Crippen molar-refractivity contribution in [1.29, 1.82) is 0 Å². The summed E-state index contributed by atoms with van der Waals surface area (Å²) in [4.78, 5) is 54.0. The monoisotopic (exact) mass is 2020 g/mol. The van der Waals surface area contributed by atoms with Crippen LogP contribution in [0.2, 0.25) is 0 Å². The third-order valence-corrected chi connectivity index (χ3v) is 21.1. The van der Waals surface area contributed by atoms with Crippen LogP contribution in [0.3, 0.4) is 0 Å². The van der Waals surface area contributed by atoms with E-state index >= 15 is 0 Å². The van der Waals surface area contributed by atoms with Crippen LogP contribution in [0.5, 0.6) is 23.0 Å². The lowest BCUT2D eigenvalue weighted by molar-refractivity contribution is -0.271. The van der Waals surface area contributed by atoms with Gasteiger partial charge < -0.3 is 150 Å². The lowest BCUT2D eigenvalue weighted by Crippen LogP contribution is -2.61. The van der Waals surface area contributed by atoms with Gasteiger partial charge in [0.05, 0.1) is 23.1 Å². The highest BCUT2D eigenvalue weighted by Crippen LogP contribution is 2.48. The van der Waals surface area contributed by atoms with E-state index in [4.69, 9.17) is 67.7 Å². The Morgan fingerprint density at radius 3 is 0.985 bits per heavy atom. The van der Waals surface area contributed by atoms with Crippen LogP contribution in [0.15, 0.2) is 72.8 Å². The van der Waals surface area contributed by atoms with E-state index in [0.29, 0.717) is 58.0 Å². The summed E-state index contributed by atoms with van der Waals surface area (Å²) in [6, 6.07) is 22.6. The van der Waals surface area contributed by atoms with Crippen molar-refractivity contribution in [3.63, 3.8) is 0 Å². The number of carboxylic acids is 4. The fraction of sp³-hybridized carbons (Fsp3) is 0.689. The summed E-state index contributed by atoms with van der Waals surface area (Å²) in [6.07, 6.45) is -26.7. The molecule has 4 aromatic carbocycles. The van der Waals surface area contributed by atoms with Gasteiger partial charge in [0.1, 0.15) is 96.2 Å². The largest absolute Gasteiger partial charge is 0.479 e. The molecule has 42 heteroatoms. The van der Waals surface area contributed by atoms with Gasteiger partial charge in [-0.15, -0.1) is 0 Å². The van der Waals surface area contributed by atoms with Crippen LogP contribution >= 0.6 is 67.0 Å². The molecule has 0 aromatic heterocycles. The molecule has 35 nitrogen and oxygen atoms in total. The van der Waals surface area contributed by atoms with Gasteiger partial charge in [0, 0.05) is 47.7 Å². The van der Waals surface area contributed by atoms with E-state index in [0.717, 1.165) is 71.1 Å². The number of nitrogens with one attached hydrogen (secondary N) is 4. The highest BCUT2D eigenvalue weighted by atomic mass is 31.2. The minimum absolute atomic E-state index is 0. The number of rotatable bonds is 34. The Kier molecular flexibility index (Phi) is 64.5. The molecule has 132 heavy (non-hydrogen) atoms. The van der Waals surface area contributed by atoms with Crippen molar-refractivity contribution in [1.82, 2.24) is 0 Å². The van der Waals surface area contributed by atoms with E-state index in [-0.39, 0.29) is 95.3 Å². The molecule has 4 fully saturated rings. The normalized spacial score (nSPS) is 25.3. The standard InChI is InChI=1S/4C19H29NO7.C8H18.C6H15O3P.6H3P/c1-9(2)5-11-6-12(20-10(3)4)8-13(7-11)26-19-16(23)14(21)15(22)17(27-19)18(24)25;1-9(2)7-11-5-6-12(8-13(11)20-10(3)4)26-19-16(23)14(21)15(22)17(27-19)18(24)25;1-9(2)7-11-5-6-13(12(8-11)20-10(3)4)26-19-16(23)14(21)15(22)17(27-19)18(24)25;1-9(2)7-11-5-6-12(20-10(3)4)13(8-11)26-19-16(23)14(21)15(22)17(27-19)18(24)25;1-7(2)5-6-8(3)4;1-5(2)9-10(7,8)6(3)4;;;;;;/h6-10,14-17,19-23H,5H2,1-4H3,(H,24,25);3*5-6,8-10,14-17,19-23H,7H2,1-4H3,(H,24,25);7-8H,5-6H2,1-4H3;5-6H,1-4H3,(H,7,8);6*1H3/t4*14-,15-,16+,17-,19+;;;;;;;;/m0000......../s1. The first kappa shape index (κ1) is 134. The van der Waals surface area contributed by atoms with Crippen LogP contribution in [0.25, 0.3) is 0 Å². The van der Waals surface area contributed by atoms with Crippen molar-refractivity contribution < 1.29 is 153 Å². The Morgan fingerprint density at radius 1 is 0.326 bits per heavy atom. The number of anilines is 4.